The molecule has 3 heterocycles. The number of hydrogen-bond acceptors (Lipinski definition) is 8. The van der Waals surface area contributed by atoms with Crippen molar-refractivity contribution in [1.29, 1.82) is 0 Å². The van der Waals surface area contributed by atoms with Gasteiger partial charge in [0.05, 0.1) is 51.9 Å². The molecule has 1 atom stereocenters. The first-order chi connectivity index (χ1) is 21.3. The van der Waals surface area contributed by atoms with Crippen LogP contribution >= 0.6 is 0 Å². The predicted octanol–water partition coefficient (Wildman–Crippen LogP) is 4.51. The molecule has 12 heteroatoms. The molecule has 1 unspecified atom stereocenters. The fourth-order valence-electron chi connectivity index (χ4n) is 5.48. The normalized spacial score (nSPS) is 16.8. The predicted molar refractivity (Wildman–Crippen MR) is 166 cm³/mol. The van der Waals surface area contributed by atoms with Crippen LogP contribution in [0.25, 0.3) is 0 Å². The molecular formula is C32H42N6O6. The molecule has 44 heavy (non-hydrogen) atoms. The Morgan fingerprint density at radius 1 is 1.02 bits per heavy atom. The maximum absolute atomic E-state index is 14.0. The molecular weight excluding hydrogens is 564 g/mol. The number of ether oxygens (including phenoxy) is 4. The number of rotatable bonds is 9. The van der Waals surface area contributed by atoms with E-state index in [1.165, 1.54) is 0 Å². The van der Waals surface area contributed by atoms with Gasteiger partial charge in [-0.1, -0.05) is 0 Å². The van der Waals surface area contributed by atoms with Crippen molar-refractivity contribution in [3.05, 3.63) is 64.5 Å². The standard InChI is InChI=1S/C32H42N6O6/c1-21-15-26(33)27(16-22(21)2)34-31(39)30-24(20-38(35-30)29-7-5-6-12-44-29)19-37(32(40)36-10-13-43-14-11-36)18-23-8-9-25(41-3)17-28(23)42-4/h8-9,15-17,20,29H,5-7,10-14,18-19,33H2,1-4H3,(H,34,39). The summed E-state index contributed by atoms with van der Waals surface area (Å²) in [6, 6.07) is 9.03. The number of morpholine rings is 1. The van der Waals surface area contributed by atoms with Gasteiger partial charge >= 0.3 is 6.03 Å². The molecule has 0 spiro atoms. The Labute approximate surface area is 258 Å². The zero-order valence-corrected chi connectivity index (χ0v) is 25.9. The molecule has 5 rings (SSSR count). The fraction of sp³-hybridized carbons (Fsp3) is 0.469. The van der Waals surface area contributed by atoms with Gasteiger partial charge in [0.2, 0.25) is 0 Å². The summed E-state index contributed by atoms with van der Waals surface area (Å²) in [6.07, 6.45) is 4.29. The third-order valence-corrected chi connectivity index (χ3v) is 8.16. The van der Waals surface area contributed by atoms with E-state index in [4.69, 9.17) is 29.8 Å². The van der Waals surface area contributed by atoms with E-state index in [9.17, 15) is 9.59 Å². The summed E-state index contributed by atoms with van der Waals surface area (Å²) in [5.74, 6) is 0.832. The van der Waals surface area contributed by atoms with Crippen LogP contribution in [-0.4, -0.2) is 78.6 Å². The number of nitrogen functional groups attached to an aromatic ring is 1. The fourth-order valence-corrected chi connectivity index (χ4v) is 5.48. The highest BCUT2D eigenvalue weighted by Crippen LogP contribution is 2.29. The van der Waals surface area contributed by atoms with Gasteiger partial charge in [-0.05, 0) is 68.5 Å². The number of aromatic nitrogens is 2. The van der Waals surface area contributed by atoms with Crippen molar-refractivity contribution in [3.63, 3.8) is 0 Å². The van der Waals surface area contributed by atoms with Crippen LogP contribution < -0.4 is 20.5 Å². The van der Waals surface area contributed by atoms with Crippen LogP contribution in [0.3, 0.4) is 0 Å². The van der Waals surface area contributed by atoms with E-state index in [0.29, 0.717) is 61.3 Å². The van der Waals surface area contributed by atoms with Crippen molar-refractivity contribution in [1.82, 2.24) is 19.6 Å². The zero-order chi connectivity index (χ0) is 31.2. The Kier molecular flexibility index (Phi) is 9.91. The number of hydrogen-bond donors (Lipinski definition) is 2. The molecule has 0 radical (unpaired) electrons. The number of benzene rings is 2. The average molecular weight is 607 g/mol. The molecule has 2 saturated heterocycles. The van der Waals surface area contributed by atoms with E-state index >= 15 is 0 Å². The van der Waals surface area contributed by atoms with Crippen LogP contribution in [0.4, 0.5) is 16.2 Å². The van der Waals surface area contributed by atoms with E-state index in [2.05, 4.69) is 5.32 Å². The third kappa shape index (κ3) is 7.08. The topological polar surface area (TPSA) is 133 Å². The number of nitrogens with one attached hydrogen (secondary N) is 1. The van der Waals surface area contributed by atoms with Crippen LogP contribution in [0.2, 0.25) is 0 Å². The number of carbonyl (C=O) groups is 2. The summed E-state index contributed by atoms with van der Waals surface area (Å²) < 4.78 is 24.2. The number of urea groups is 1. The maximum Gasteiger partial charge on any atom is 0.320 e. The highest BCUT2D eigenvalue weighted by atomic mass is 16.5. The van der Waals surface area contributed by atoms with Gasteiger partial charge in [-0.15, -0.1) is 0 Å². The summed E-state index contributed by atoms with van der Waals surface area (Å²) in [6.45, 7) is 6.81. The van der Waals surface area contributed by atoms with Gasteiger partial charge in [-0.2, -0.15) is 5.10 Å². The molecule has 3 amide bonds. The molecule has 3 N–H and O–H groups in total. The number of carbonyl (C=O) groups excluding carboxylic acids is 2. The first-order valence-electron chi connectivity index (χ1n) is 15.0. The number of anilines is 2. The Morgan fingerprint density at radius 3 is 2.48 bits per heavy atom. The van der Waals surface area contributed by atoms with E-state index in [1.54, 1.807) is 34.8 Å². The molecule has 12 nitrogen and oxygen atoms in total. The van der Waals surface area contributed by atoms with Crippen LogP contribution in [0, 0.1) is 13.8 Å². The quantitative estimate of drug-likeness (QED) is 0.340. The maximum atomic E-state index is 14.0. The van der Waals surface area contributed by atoms with Crippen LogP contribution in [0.15, 0.2) is 36.5 Å². The molecule has 0 bridgehead atoms. The summed E-state index contributed by atoms with van der Waals surface area (Å²) in [4.78, 5) is 31.3. The number of aryl methyl sites for hydroxylation is 2. The minimum Gasteiger partial charge on any atom is -0.497 e. The Balaban J connectivity index is 1.50. The van der Waals surface area contributed by atoms with E-state index < -0.39 is 5.91 Å². The summed E-state index contributed by atoms with van der Waals surface area (Å²) >= 11 is 0. The summed E-state index contributed by atoms with van der Waals surface area (Å²) in [5, 5.41) is 7.67. The molecule has 2 fully saturated rings. The van der Waals surface area contributed by atoms with E-state index in [0.717, 1.165) is 36.0 Å². The summed E-state index contributed by atoms with van der Waals surface area (Å²) in [5.41, 5.74) is 10.9. The van der Waals surface area contributed by atoms with Crippen molar-refractivity contribution in [3.8, 4) is 11.5 Å². The van der Waals surface area contributed by atoms with Crippen LogP contribution in [-0.2, 0) is 22.6 Å². The molecule has 236 valence electrons. The second kappa shape index (κ2) is 14.0. The zero-order valence-electron chi connectivity index (χ0n) is 25.9. The smallest absolute Gasteiger partial charge is 0.320 e. The molecule has 0 saturated carbocycles. The van der Waals surface area contributed by atoms with Crippen molar-refractivity contribution in [2.45, 2.75) is 52.4 Å². The minimum absolute atomic E-state index is 0.128. The minimum atomic E-state index is -0.412. The molecule has 2 aliphatic rings. The second-order valence-electron chi connectivity index (χ2n) is 11.2. The molecule has 1 aromatic heterocycles. The van der Waals surface area contributed by atoms with Gasteiger partial charge in [0.25, 0.3) is 5.91 Å². The van der Waals surface area contributed by atoms with Crippen molar-refractivity contribution in [2.24, 2.45) is 0 Å². The first kappa shape index (κ1) is 31.1. The van der Waals surface area contributed by atoms with Crippen molar-refractivity contribution in [2.75, 3.05) is 58.2 Å². The average Bonchev–Trinajstić information content (AvgIpc) is 3.48. The molecule has 2 aliphatic heterocycles. The highest BCUT2D eigenvalue weighted by molar-refractivity contribution is 6.05. The highest BCUT2D eigenvalue weighted by Gasteiger charge is 2.29. The lowest BCUT2D eigenvalue weighted by atomic mass is 10.1. The lowest BCUT2D eigenvalue weighted by molar-refractivity contribution is -0.0396. The number of amides is 3. The van der Waals surface area contributed by atoms with Gasteiger partial charge in [0.1, 0.15) is 17.7 Å². The number of nitrogens with zero attached hydrogens (tertiary/aromatic N) is 4. The lowest BCUT2D eigenvalue weighted by Crippen LogP contribution is -2.47. The number of nitrogens with two attached hydrogens (primary N) is 1. The Morgan fingerprint density at radius 2 is 1.77 bits per heavy atom. The van der Waals surface area contributed by atoms with Gasteiger partial charge in [-0.25, -0.2) is 9.48 Å². The second-order valence-corrected chi connectivity index (χ2v) is 11.2. The van der Waals surface area contributed by atoms with Gasteiger partial charge in [0.15, 0.2) is 5.69 Å². The van der Waals surface area contributed by atoms with E-state index in [-0.39, 0.29) is 31.0 Å². The summed E-state index contributed by atoms with van der Waals surface area (Å²) in [7, 11) is 3.18. The third-order valence-electron chi connectivity index (χ3n) is 8.16. The molecule has 2 aromatic carbocycles. The monoisotopic (exact) mass is 606 g/mol. The van der Waals surface area contributed by atoms with Crippen LogP contribution in [0.5, 0.6) is 11.5 Å². The van der Waals surface area contributed by atoms with E-state index in [1.807, 2.05) is 44.3 Å². The SMILES string of the molecule is COc1ccc(CN(Cc2cn(C3CCCCO3)nc2C(=O)Nc2cc(C)c(C)cc2N)C(=O)N2CCOCC2)c(OC)c1. The molecule has 0 aliphatic carbocycles. The van der Waals surface area contributed by atoms with Crippen molar-refractivity contribution < 1.29 is 28.5 Å². The Hall–Kier alpha value is -4.29. The lowest BCUT2D eigenvalue weighted by Gasteiger charge is -2.33. The van der Waals surface area contributed by atoms with Crippen molar-refractivity contribution >= 4 is 23.3 Å². The largest absolute Gasteiger partial charge is 0.497 e. The van der Waals surface area contributed by atoms with Gasteiger partial charge in [-0.3, -0.25) is 4.79 Å². The number of methoxy groups -OCH3 is 2. The Bertz CT molecular complexity index is 1480. The van der Waals surface area contributed by atoms with Crippen LogP contribution in [0.1, 0.15) is 58.2 Å². The first-order valence-corrected chi connectivity index (χ1v) is 15.0. The van der Waals surface area contributed by atoms with Gasteiger partial charge < -0.3 is 39.8 Å². The molecule has 3 aromatic rings. The van der Waals surface area contributed by atoms with Gasteiger partial charge in [0, 0.05) is 43.1 Å².